The average Bonchev–Trinajstić information content (AvgIpc) is 2.38. The van der Waals surface area contributed by atoms with Crippen LogP contribution in [0, 0.1) is 11.3 Å². The van der Waals surface area contributed by atoms with Crippen molar-refractivity contribution in [3.8, 4) is 0 Å². The van der Waals surface area contributed by atoms with Crippen molar-refractivity contribution >= 4 is 0 Å². The molecule has 120 valence electrons. The highest BCUT2D eigenvalue weighted by molar-refractivity contribution is 4.97. The topological polar surface area (TPSA) is 58.3 Å². The highest BCUT2D eigenvalue weighted by Crippen LogP contribution is 2.43. The molecule has 3 heteroatoms. The van der Waals surface area contributed by atoms with Crippen molar-refractivity contribution in [1.82, 2.24) is 5.32 Å². The average molecular weight is 284 g/mol. The number of rotatable bonds is 7. The molecule has 0 bridgehead atoms. The maximum Gasteiger partial charge on any atom is 0.0526 e. The van der Waals surface area contributed by atoms with Crippen LogP contribution in [0.25, 0.3) is 0 Å². The van der Waals surface area contributed by atoms with Gasteiger partial charge in [0, 0.05) is 18.1 Å². The third kappa shape index (κ3) is 4.71. The highest BCUT2D eigenvalue weighted by Gasteiger charge is 2.39. The van der Waals surface area contributed by atoms with E-state index in [0.717, 1.165) is 12.3 Å². The van der Waals surface area contributed by atoms with E-state index in [0.29, 0.717) is 18.0 Å². The van der Waals surface area contributed by atoms with Crippen LogP contribution in [0.1, 0.15) is 73.1 Å². The van der Waals surface area contributed by atoms with Gasteiger partial charge in [0.25, 0.3) is 0 Å². The minimum Gasteiger partial charge on any atom is -0.393 e. The smallest absolute Gasteiger partial charge is 0.0526 e. The van der Waals surface area contributed by atoms with Crippen LogP contribution in [0.15, 0.2) is 0 Å². The van der Waals surface area contributed by atoms with E-state index in [4.69, 9.17) is 5.73 Å². The molecule has 0 aromatic heterocycles. The predicted molar refractivity (Wildman–Crippen MR) is 86.7 cm³/mol. The third-order valence-corrected chi connectivity index (χ3v) is 5.60. The van der Waals surface area contributed by atoms with Gasteiger partial charge in [-0.1, -0.05) is 27.2 Å². The molecule has 0 amide bonds. The quantitative estimate of drug-likeness (QED) is 0.673. The van der Waals surface area contributed by atoms with E-state index >= 15 is 0 Å². The monoisotopic (exact) mass is 284 g/mol. The van der Waals surface area contributed by atoms with E-state index in [1.807, 2.05) is 6.92 Å². The van der Waals surface area contributed by atoms with Crippen LogP contribution in [0.4, 0.5) is 0 Å². The van der Waals surface area contributed by atoms with E-state index in [-0.39, 0.29) is 11.6 Å². The normalized spacial score (nSPS) is 31.1. The van der Waals surface area contributed by atoms with Gasteiger partial charge in [-0.2, -0.15) is 0 Å². The predicted octanol–water partition coefficient (Wildman–Crippen LogP) is 3.06. The number of aliphatic hydroxyl groups excluding tert-OH is 1. The van der Waals surface area contributed by atoms with Crippen molar-refractivity contribution in [1.29, 1.82) is 0 Å². The van der Waals surface area contributed by atoms with Crippen molar-refractivity contribution in [3.63, 3.8) is 0 Å². The molecule has 0 saturated heterocycles. The summed E-state index contributed by atoms with van der Waals surface area (Å²) in [6, 6.07) is 0.328. The van der Waals surface area contributed by atoms with Gasteiger partial charge in [-0.25, -0.2) is 0 Å². The summed E-state index contributed by atoms with van der Waals surface area (Å²) in [5.74, 6) is 0.820. The first-order valence-electron chi connectivity index (χ1n) is 8.40. The highest BCUT2D eigenvalue weighted by atomic mass is 16.3. The Hall–Kier alpha value is -0.120. The van der Waals surface area contributed by atoms with Gasteiger partial charge in [0.15, 0.2) is 0 Å². The van der Waals surface area contributed by atoms with Gasteiger partial charge in [0.2, 0.25) is 0 Å². The van der Waals surface area contributed by atoms with E-state index in [1.54, 1.807) is 0 Å². The molecular weight excluding hydrogens is 248 g/mol. The molecule has 1 fully saturated rings. The Balaban J connectivity index is 2.57. The Kier molecular flexibility index (Phi) is 6.49. The molecule has 1 saturated carbocycles. The number of hydrogen-bond donors (Lipinski definition) is 3. The largest absolute Gasteiger partial charge is 0.393 e. The van der Waals surface area contributed by atoms with Crippen molar-refractivity contribution < 1.29 is 5.11 Å². The molecule has 4 N–H and O–H groups in total. The van der Waals surface area contributed by atoms with Crippen molar-refractivity contribution in [2.24, 2.45) is 17.1 Å². The van der Waals surface area contributed by atoms with Crippen molar-refractivity contribution in [2.45, 2.75) is 90.8 Å². The first-order chi connectivity index (χ1) is 9.24. The summed E-state index contributed by atoms with van der Waals surface area (Å²) in [6.45, 7) is 11.8. The maximum atomic E-state index is 9.52. The lowest BCUT2D eigenvalue weighted by Gasteiger charge is -2.46. The van der Waals surface area contributed by atoms with E-state index in [2.05, 4.69) is 33.0 Å². The molecule has 2 unspecified atom stereocenters. The first kappa shape index (κ1) is 17.9. The Morgan fingerprint density at radius 1 is 1.30 bits per heavy atom. The molecule has 1 aliphatic carbocycles. The second kappa shape index (κ2) is 7.24. The third-order valence-electron chi connectivity index (χ3n) is 5.60. The molecule has 2 atom stereocenters. The Labute approximate surface area is 125 Å². The van der Waals surface area contributed by atoms with Crippen molar-refractivity contribution in [3.05, 3.63) is 0 Å². The van der Waals surface area contributed by atoms with Crippen LogP contribution in [-0.2, 0) is 0 Å². The molecular formula is C17H36N2O. The zero-order valence-corrected chi connectivity index (χ0v) is 14.2. The fourth-order valence-corrected chi connectivity index (χ4v) is 3.74. The molecule has 0 radical (unpaired) electrons. The molecule has 20 heavy (non-hydrogen) atoms. The van der Waals surface area contributed by atoms with E-state index < -0.39 is 0 Å². The molecule has 0 aliphatic heterocycles. The Morgan fingerprint density at radius 2 is 1.85 bits per heavy atom. The van der Waals surface area contributed by atoms with Gasteiger partial charge in [-0.15, -0.1) is 0 Å². The first-order valence-corrected chi connectivity index (χ1v) is 8.40. The summed E-state index contributed by atoms with van der Waals surface area (Å²) >= 11 is 0. The molecule has 1 aliphatic rings. The zero-order chi connectivity index (χ0) is 15.4. The fourth-order valence-electron chi connectivity index (χ4n) is 3.74. The maximum absolute atomic E-state index is 9.52. The number of hydrogen-bond acceptors (Lipinski definition) is 3. The lowest BCUT2D eigenvalue weighted by molar-refractivity contribution is 0.0894. The molecule has 0 aromatic carbocycles. The van der Waals surface area contributed by atoms with Crippen LogP contribution in [0.2, 0.25) is 0 Å². The Morgan fingerprint density at radius 3 is 2.25 bits per heavy atom. The second-order valence-corrected chi connectivity index (χ2v) is 7.73. The minimum atomic E-state index is -0.248. The summed E-state index contributed by atoms with van der Waals surface area (Å²) in [6.07, 6.45) is 6.68. The fraction of sp³-hybridized carbons (Fsp3) is 1.00. The lowest BCUT2D eigenvalue weighted by atomic mass is 9.65. The van der Waals surface area contributed by atoms with E-state index in [1.165, 1.54) is 32.1 Å². The number of nitrogens with one attached hydrogen (secondary N) is 1. The van der Waals surface area contributed by atoms with Crippen LogP contribution in [0.3, 0.4) is 0 Å². The number of nitrogens with two attached hydrogens (primary N) is 1. The summed E-state index contributed by atoms with van der Waals surface area (Å²) in [7, 11) is 0. The van der Waals surface area contributed by atoms with Crippen LogP contribution in [-0.4, -0.2) is 29.3 Å². The number of aliphatic hydroxyl groups is 1. The lowest BCUT2D eigenvalue weighted by Crippen LogP contribution is -2.57. The molecule has 0 spiro atoms. The van der Waals surface area contributed by atoms with Gasteiger partial charge in [-0.05, 0) is 57.3 Å². The van der Waals surface area contributed by atoms with Crippen molar-refractivity contribution in [2.75, 3.05) is 6.54 Å². The second-order valence-electron chi connectivity index (χ2n) is 7.73. The summed E-state index contributed by atoms with van der Waals surface area (Å²) in [5, 5.41) is 13.2. The van der Waals surface area contributed by atoms with Gasteiger partial charge in [0.05, 0.1) is 6.10 Å². The summed E-state index contributed by atoms with van der Waals surface area (Å²) in [5.41, 5.74) is 6.62. The minimum absolute atomic E-state index is 0.0919. The van der Waals surface area contributed by atoms with Gasteiger partial charge in [0.1, 0.15) is 0 Å². The van der Waals surface area contributed by atoms with Crippen LogP contribution < -0.4 is 11.1 Å². The van der Waals surface area contributed by atoms with Gasteiger partial charge in [-0.3, -0.25) is 0 Å². The molecule has 0 heterocycles. The summed E-state index contributed by atoms with van der Waals surface area (Å²) in [4.78, 5) is 0. The Bertz CT molecular complexity index is 281. The molecule has 0 aromatic rings. The molecule has 3 nitrogen and oxygen atoms in total. The van der Waals surface area contributed by atoms with E-state index in [9.17, 15) is 5.11 Å². The van der Waals surface area contributed by atoms with Gasteiger partial charge >= 0.3 is 0 Å². The molecule has 1 rings (SSSR count). The van der Waals surface area contributed by atoms with Crippen LogP contribution in [0.5, 0.6) is 0 Å². The van der Waals surface area contributed by atoms with Gasteiger partial charge < -0.3 is 16.2 Å². The SMILES string of the molecule is CCC(C)(C)C1CCC(CN)(NC(C)CC(C)O)CC1. The zero-order valence-electron chi connectivity index (χ0n) is 14.2. The summed E-state index contributed by atoms with van der Waals surface area (Å²) < 4.78 is 0. The van der Waals surface area contributed by atoms with Crippen LogP contribution >= 0.6 is 0 Å². The standard InChI is InChI=1S/C17H36N2O/c1-6-16(4,5)15-7-9-17(12-18,10-8-15)19-13(2)11-14(3)20/h13-15,19-20H,6-12,18H2,1-5H3.